The van der Waals surface area contributed by atoms with Gasteiger partial charge < -0.3 is 20.1 Å². The first-order chi connectivity index (χ1) is 13.0. The van der Waals surface area contributed by atoms with Crippen molar-refractivity contribution in [2.75, 3.05) is 40.0 Å². The number of benzene rings is 1. The van der Waals surface area contributed by atoms with E-state index in [-0.39, 0.29) is 12.6 Å². The summed E-state index contributed by atoms with van der Waals surface area (Å²) in [5.41, 5.74) is -0.381. The van der Waals surface area contributed by atoms with Gasteiger partial charge in [-0.3, -0.25) is 4.99 Å². The normalized spacial score (nSPS) is 17.3. The van der Waals surface area contributed by atoms with Crippen LogP contribution >= 0.6 is 0 Å². The number of alkyl halides is 3. The largest absolute Gasteiger partial charge is 0.416 e. The molecular formula is C19H24F3N3O2. The van der Waals surface area contributed by atoms with E-state index in [2.05, 4.69) is 27.5 Å². The van der Waals surface area contributed by atoms with Crippen molar-refractivity contribution < 1.29 is 22.6 Å². The Morgan fingerprint density at radius 1 is 1.37 bits per heavy atom. The molecule has 0 aromatic heterocycles. The Balaban J connectivity index is 1.67. The Bertz CT molecular complexity index is 675. The molecule has 1 fully saturated rings. The molecule has 148 valence electrons. The molecule has 0 saturated carbocycles. The number of hydrogen-bond acceptors (Lipinski definition) is 3. The van der Waals surface area contributed by atoms with E-state index in [1.165, 1.54) is 6.07 Å². The first-order valence-electron chi connectivity index (χ1n) is 8.79. The number of nitrogens with one attached hydrogen (secondary N) is 2. The van der Waals surface area contributed by atoms with E-state index in [0.717, 1.165) is 31.6 Å². The highest BCUT2D eigenvalue weighted by Crippen LogP contribution is 2.29. The average molecular weight is 383 g/mol. The van der Waals surface area contributed by atoms with E-state index in [1.54, 1.807) is 13.1 Å². The van der Waals surface area contributed by atoms with E-state index in [0.29, 0.717) is 31.3 Å². The van der Waals surface area contributed by atoms with Gasteiger partial charge in [0.15, 0.2) is 5.96 Å². The fourth-order valence-corrected chi connectivity index (χ4v) is 2.44. The second-order valence-electron chi connectivity index (χ2n) is 5.94. The standard InChI is InChI=1S/C19H24F3N3O2/c1-23-18(25-10-4-11-27-17-8-12-26-14-17)24-9-3-6-15-5-2-7-16(13-15)19(20,21)22/h2,5,7,13,17H,4,8-12,14H2,1H3,(H2,23,24,25). The monoisotopic (exact) mass is 383 g/mol. The fraction of sp³-hybridized carbons (Fsp3) is 0.526. The van der Waals surface area contributed by atoms with Crippen molar-refractivity contribution in [1.29, 1.82) is 0 Å². The van der Waals surface area contributed by atoms with Crippen molar-refractivity contribution in [3.8, 4) is 11.8 Å². The van der Waals surface area contributed by atoms with Gasteiger partial charge in [0.05, 0.1) is 24.8 Å². The van der Waals surface area contributed by atoms with Gasteiger partial charge in [0.1, 0.15) is 0 Å². The number of guanidine groups is 1. The zero-order valence-electron chi connectivity index (χ0n) is 15.2. The molecule has 0 spiro atoms. The minimum atomic E-state index is -4.36. The molecule has 1 aromatic rings. The molecular weight excluding hydrogens is 359 g/mol. The summed E-state index contributed by atoms with van der Waals surface area (Å²) in [5, 5.41) is 6.13. The maximum absolute atomic E-state index is 12.7. The molecule has 1 heterocycles. The lowest BCUT2D eigenvalue weighted by atomic mass is 10.1. The molecule has 1 atom stereocenters. The number of nitrogens with zero attached hydrogens (tertiary/aromatic N) is 1. The lowest BCUT2D eigenvalue weighted by molar-refractivity contribution is -0.137. The van der Waals surface area contributed by atoms with Gasteiger partial charge in [-0.05, 0) is 31.0 Å². The Morgan fingerprint density at radius 2 is 2.22 bits per heavy atom. The van der Waals surface area contributed by atoms with Crippen molar-refractivity contribution in [3.05, 3.63) is 35.4 Å². The predicted molar refractivity (Wildman–Crippen MR) is 97.5 cm³/mol. The van der Waals surface area contributed by atoms with Gasteiger partial charge in [-0.2, -0.15) is 13.2 Å². The second kappa shape index (κ2) is 10.8. The van der Waals surface area contributed by atoms with Crippen molar-refractivity contribution in [1.82, 2.24) is 10.6 Å². The number of ether oxygens (including phenoxy) is 2. The highest BCUT2D eigenvalue weighted by molar-refractivity contribution is 5.79. The van der Waals surface area contributed by atoms with Gasteiger partial charge in [0.2, 0.25) is 0 Å². The maximum Gasteiger partial charge on any atom is 0.416 e. The Kier molecular flexibility index (Phi) is 8.43. The first kappa shape index (κ1) is 21.1. The summed E-state index contributed by atoms with van der Waals surface area (Å²) < 4.78 is 48.9. The molecule has 0 bridgehead atoms. The highest BCUT2D eigenvalue weighted by Gasteiger charge is 2.30. The van der Waals surface area contributed by atoms with Crippen molar-refractivity contribution >= 4 is 5.96 Å². The van der Waals surface area contributed by atoms with Crippen LogP contribution in [0.5, 0.6) is 0 Å². The Hall–Kier alpha value is -2.24. The zero-order valence-corrected chi connectivity index (χ0v) is 15.2. The molecule has 2 N–H and O–H groups in total. The van der Waals surface area contributed by atoms with Crippen LogP contribution in [0.1, 0.15) is 24.0 Å². The quantitative estimate of drug-likeness (QED) is 0.343. The lowest BCUT2D eigenvalue weighted by Crippen LogP contribution is -2.38. The van der Waals surface area contributed by atoms with Crippen LogP contribution in [-0.4, -0.2) is 52.0 Å². The van der Waals surface area contributed by atoms with Crippen LogP contribution < -0.4 is 10.6 Å². The van der Waals surface area contributed by atoms with E-state index in [4.69, 9.17) is 9.47 Å². The smallest absolute Gasteiger partial charge is 0.379 e. The molecule has 1 saturated heterocycles. The third kappa shape index (κ3) is 7.89. The highest BCUT2D eigenvalue weighted by atomic mass is 19.4. The van der Waals surface area contributed by atoms with Gasteiger partial charge in [0, 0.05) is 32.4 Å². The van der Waals surface area contributed by atoms with Crippen LogP contribution in [0.3, 0.4) is 0 Å². The number of hydrogen-bond donors (Lipinski definition) is 2. The summed E-state index contributed by atoms with van der Waals surface area (Å²) in [4.78, 5) is 4.07. The van der Waals surface area contributed by atoms with Crippen LogP contribution in [0.15, 0.2) is 29.3 Å². The topological polar surface area (TPSA) is 54.9 Å². The van der Waals surface area contributed by atoms with Crippen LogP contribution in [0.4, 0.5) is 13.2 Å². The predicted octanol–water partition coefficient (Wildman–Crippen LogP) is 2.42. The number of rotatable bonds is 6. The summed E-state index contributed by atoms with van der Waals surface area (Å²) in [6.45, 7) is 3.04. The van der Waals surface area contributed by atoms with Crippen LogP contribution in [0.25, 0.3) is 0 Å². The summed E-state index contributed by atoms with van der Waals surface area (Å²) >= 11 is 0. The van der Waals surface area contributed by atoms with Gasteiger partial charge >= 0.3 is 6.18 Å². The van der Waals surface area contributed by atoms with Crippen molar-refractivity contribution in [2.24, 2.45) is 4.99 Å². The van der Waals surface area contributed by atoms with E-state index in [9.17, 15) is 13.2 Å². The first-order valence-corrected chi connectivity index (χ1v) is 8.79. The van der Waals surface area contributed by atoms with Gasteiger partial charge in [-0.15, -0.1) is 0 Å². The van der Waals surface area contributed by atoms with E-state index >= 15 is 0 Å². The zero-order chi connectivity index (χ0) is 19.5. The van der Waals surface area contributed by atoms with Crippen molar-refractivity contribution in [2.45, 2.75) is 25.1 Å². The lowest BCUT2D eigenvalue weighted by Gasteiger charge is -2.12. The molecule has 1 aromatic carbocycles. The molecule has 27 heavy (non-hydrogen) atoms. The third-order valence-corrected chi connectivity index (χ3v) is 3.85. The van der Waals surface area contributed by atoms with Gasteiger partial charge in [-0.1, -0.05) is 17.9 Å². The van der Waals surface area contributed by atoms with Crippen LogP contribution in [0.2, 0.25) is 0 Å². The summed E-state index contributed by atoms with van der Waals surface area (Å²) in [6, 6.07) is 4.96. The summed E-state index contributed by atoms with van der Waals surface area (Å²) in [5.74, 6) is 6.09. The molecule has 1 aliphatic rings. The van der Waals surface area contributed by atoms with Gasteiger partial charge in [0.25, 0.3) is 0 Å². The Morgan fingerprint density at radius 3 is 2.93 bits per heavy atom. The molecule has 1 aliphatic heterocycles. The maximum atomic E-state index is 12.7. The van der Waals surface area contributed by atoms with Crippen LogP contribution in [-0.2, 0) is 15.7 Å². The second-order valence-corrected chi connectivity index (χ2v) is 5.94. The summed E-state index contributed by atoms with van der Waals surface area (Å²) in [7, 11) is 1.64. The SMILES string of the molecule is CN=C(NCC#Cc1cccc(C(F)(F)F)c1)NCCCOC1CCOC1. The molecule has 8 heteroatoms. The molecule has 0 amide bonds. The number of aliphatic imine (C=N–C) groups is 1. The molecule has 5 nitrogen and oxygen atoms in total. The molecule has 0 aliphatic carbocycles. The minimum Gasteiger partial charge on any atom is -0.379 e. The molecule has 2 rings (SSSR count). The molecule has 0 radical (unpaired) electrons. The van der Waals surface area contributed by atoms with E-state index < -0.39 is 11.7 Å². The Labute approximate surface area is 157 Å². The van der Waals surface area contributed by atoms with Gasteiger partial charge in [-0.25, -0.2) is 0 Å². The van der Waals surface area contributed by atoms with Crippen LogP contribution in [0, 0.1) is 11.8 Å². The van der Waals surface area contributed by atoms with E-state index in [1.807, 2.05) is 0 Å². The summed E-state index contributed by atoms with van der Waals surface area (Å²) in [6.07, 6.45) is -2.39. The fourth-order valence-electron chi connectivity index (χ4n) is 2.44. The molecule has 1 unspecified atom stereocenters. The third-order valence-electron chi connectivity index (χ3n) is 3.85. The minimum absolute atomic E-state index is 0.202. The average Bonchev–Trinajstić information content (AvgIpc) is 3.16. The van der Waals surface area contributed by atoms with Crippen molar-refractivity contribution in [3.63, 3.8) is 0 Å². The number of halogens is 3.